The summed E-state index contributed by atoms with van der Waals surface area (Å²) < 4.78 is 10.2. The summed E-state index contributed by atoms with van der Waals surface area (Å²) in [7, 11) is 0. The number of carbonyl (C=O) groups is 1. The quantitative estimate of drug-likeness (QED) is 0.142. The molecule has 2 aromatic carbocycles. The first-order chi connectivity index (χ1) is 18.3. The van der Waals surface area contributed by atoms with E-state index in [1.807, 2.05) is 18.2 Å². The van der Waals surface area contributed by atoms with Gasteiger partial charge in [0.1, 0.15) is 28.2 Å². The molecule has 5 aromatic rings. The lowest BCUT2D eigenvalue weighted by atomic mass is 10.2. The van der Waals surface area contributed by atoms with Crippen LogP contribution < -0.4 is 22.7 Å². The number of benzene rings is 2. The third kappa shape index (κ3) is 7.23. The fourth-order valence-electron chi connectivity index (χ4n) is 3.43. The van der Waals surface area contributed by atoms with Crippen molar-refractivity contribution in [2.24, 2.45) is 0 Å². The third-order valence-corrected chi connectivity index (χ3v) is 6.38. The SMILES string of the molecule is Nc1c(N)c2ccccc2oc1=O.O=C(O)CCCBr.O=c1oc2ccccc2c2nc(CCCBr)[nH]c12. The number of H-pyrrole nitrogens is 1. The van der Waals surface area contributed by atoms with Crippen molar-refractivity contribution in [3.05, 3.63) is 75.2 Å². The van der Waals surface area contributed by atoms with Crippen LogP contribution in [0.25, 0.3) is 33.0 Å². The second-order valence-corrected chi connectivity index (χ2v) is 9.57. The number of nitrogens with one attached hydrogen (secondary N) is 1. The molecule has 0 amide bonds. The number of halogens is 2. The molecule has 12 heteroatoms. The van der Waals surface area contributed by atoms with Crippen molar-refractivity contribution < 1.29 is 18.7 Å². The number of nitrogen functional groups attached to an aromatic ring is 2. The summed E-state index contributed by atoms with van der Waals surface area (Å²) >= 11 is 6.50. The molecule has 5 rings (SSSR count). The van der Waals surface area contributed by atoms with E-state index in [9.17, 15) is 14.4 Å². The van der Waals surface area contributed by atoms with Gasteiger partial charge < -0.3 is 30.4 Å². The molecule has 0 aliphatic carbocycles. The minimum atomic E-state index is -0.723. The molecule has 0 aliphatic rings. The van der Waals surface area contributed by atoms with E-state index in [1.54, 1.807) is 30.3 Å². The molecule has 0 saturated heterocycles. The first kappa shape index (κ1) is 28.9. The van der Waals surface area contributed by atoms with E-state index in [4.69, 9.17) is 25.4 Å². The smallest absolute Gasteiger partial charge is 0.362 e. The normalized spacial score (nSPS) is 10.6. The Morgan fingerprint density at radius 3 is 2.05 bits per heavy atom. The Kier molecular flexibility index (Phi) is 10.5. The number of carboxylic acids is 1. The summed E-state index contributed by atoms with van der Waals surface area (Å²) in [6.07, 6.45) is 2.78. The minimum absolute atomic E-state index is 0.0290. The highest BCUT2D eigenvalue weighted by Crippen LogP contribution is 2.23. The van der Waals surface area contributed by atoms with Gasteiger partial charge in [-0.15, -0.1) is 0 Å². The van der Waals surface area contributed by atoms with Crippen LogP contribution in [0.15, 0.2) is 67.0 Å². The molecule has 0 spiro atoms. The largest absolute Gasteiger partial charge is 0.481 e. The number of para-hydroxylation sites is 2. The van der Waals surface area contributed by atoms with E-state index in [-0.39, 0.29) is 23.4 Å². The first-order valence-electron chi connectivity index (χ1n) is 11.6. The van der Waals surface area contributed by atoms with E-state index in [0.29, 0.717) is 27.6 Å². The number of alkyl halides is 2. The monoisotopic (exact) mass is 648 g/mol. The van der Waals surface area contributed by atoms with Crippen molar-refractivity contribution in [1.82, 2.24) is 9.97 Å². The molecule has 0 bridgehead atoms. The van der Waals surface area contributed by atoms with Gasteiger partial charge >= 0.3 is 17.2 Å². The van der Waals surface area contributed by atoms with Gasteiger partial charge in [0.15, 0.2) is 5.52 Å². The molecule has 0 atom stereocenters. The topological polar surface area (TPSA) is 178 Å². The number of imidazole rings is 1. The number of carboxylic acid groups (broad SMARTS) is 1. The van der Waals surface area contributed by atoms with Gasteiger partial charge in [0.25, 0.3) is 0 Å². The molecule has 10 nitrogen and oxygen atoms in total. The molecule has 38 heavy (non-hydrogen) atoms. The molecule has 0 unspecified atom stereocenters. The molecule has 0 saturated carbocycles. The van der Waals surface area contributed by atoms with Gasteiger partial charge in [0.05, 0.1) is 5.69 Å². The summed E-state index contributed by atoms with van der Waals surface area (Å²) in [5.74, 6) is 0.104. The molecule has 0 fully saturated rings. The molecule has 6 N–H and O–H groups in total. The third-order valence-electron chi connectivity index (χ3n) is 5.26. The van der Waals surface area contributed by atoms with Gasteiger partial charge in [-0.1, -0.05) is 56.1 Å². The lowest BCUT2D eigenvalue weighted by molar-refractivity contribution is -0.137. The molecular formula is C26H26Br2N4O6. The lowest BCUT2D eigenvalue weighted by Gasteiger charge is -2.01. The molecule has 0 radical (unpaired) electrons. The maximum absolute atomic E-state index is 11.8. The summed E-state index contributed by atoms with van der Waals surface area (Å²) in [5.41, 5.74) is 12.6. The van der Waals surface area contributed by atoms with Crippen LogP contribution in [0.1, 0.15) is 25.1 Å². The number of fused-ring (bicyclic) bond motifs is 4. The number of anilines is 2. The van der Waals surface area contributed by atoms with Gasteiger partial charge in [-0.3, -0.25) is 4.79 Å². The van der Waals surface area contributed by atoms with E-state index in [0.717, 1.165) is 41.1 Å². The van der Waals surface area contributed by atoms with Crippen LogP contribution in [-0.4, -0.2) is 31.7 Å². The average Bonchev–Trinajstić information content (AvgIpc) is 3.36. The zero-order valence-corrected chi connectivity index (χ0v) is 23.4. The van der Waals surface area contributed by atoms with Crippen LogP contribution in [0.3, 0.4) is 0 Å². The van der Waals surface area contributed by atoms with Crippen LogP contribution in [0, 0.1) is 0 Å². The molecule has 3 heterocycles. The first-order valence-corrected chi connectivity index (χ1v) is 13.8. The Labute approximate surface area is 233 Å². The second-order valence-electron chi connectivity index (χ2n) is 7.98. The fourth-order valence-corrected chi connectivity index (χ4v) is 3.99. The van der Waals surface area contributed by atoms with Crippen LogP contribution in [0.4, 0.5) is 11.4 Å². The Morgan fingerprint density at radius 1 is 0.868 bits per heavy atom. The van der Waals surface area contributed by atoms with Crippen molar-refractivity contribution >= 4 is 82.2 Å². The average molecular weight is 650 g/mol. The lowest BCUT2D eigenvalue weighted by Crippen LogP contribution is -2.10. The second kappa shape index (κ2) is 13.8. The minimum Gasteiger partial charge on any atom is -0.481 e. The number of aryl methyl sites for hydroxylation is 1. The number of rotatable bonds is 6. The Bertz CT molecular complexity index is 1660. The number of hydrogen-bond acceptors (Lipinski definition) is 8. The van der Waals surface area contributed by atoms with Crippen LogP contribution in [0.5, 0.6) is 0 Å². The van der Waals surface area contributed by atoms with E-state index in [2.05, 4.69) is 41.8 Å². The fraction of sp³-hybridized carbons (Fsp3) is 0.231. The van der Waals surface area contributed by atoms with Crippen molar-refractivity contribution in [1.29, 1.82) is 0 Å². The molecule has 0 aliphatic heterocycles. The number of nitrogens with two attached hydrogens (primary N) is 2. The van der Waals surface area contributed by atoms with E-state index < -0.39 is 11.6 Å². The zero-order valence-electron chi connectivity index (χ0n) is 20.2. The zero-order chi connectivity index (χ0) is 27.7. The van der Waals surface area contributed by atoms with Crippen LogP contribution in [-0.2, 0) is 11.2 Å². The highest BCUT2D eigenvalue weighted by molar-refractivity contribution is 9.09. The molecule has 200 valence electrons. The van der Waals surface area contributed by atoms with E-state index >= 15 is 0 Å². The van der Waals surface area contributed by atoms with Gasteiger partial charge in [-0.25, -0.2) is 14.6 Å². The van der Waals surface area contributed by atoms with Gasteiger partial charge in [0.2, 0.25) is 0 Å². The predicted molar refractivity (Wildman–Crippen MR) is 156 cm³/mol. The maximum atomic E-state index is 11.8. The maximum Gasteiger partial charge on any atom is 0.362 e. The number of aliphatic carboxylic acids is 1. The summed E-state index contributed by atoms with van der Waals surface area (Å²) in [5, 5.41) is 11.3. The van der Waals surface area contributed by atoms with Crippen molar-refractivity contribution in [2.75, 3.05) is 22.1 Å². The van der Waals surface area contributed by atoms with Crippen LogP contribution >= 0.6 is 31.9 Å². The summed E-state index contributed by atoms with van der Waals surface area (Å²) in [6, 6.07) is 14.4. The number of hydrogen-bond donors (Lipinski definition) is 4. The van der Waals surface area contributed by atoms with Crippen LogP contribution in [0.2, 0.25) is 0 Å². The molecular weight excluding hydrogens is 624 g/mol. The van der Waals surface area contributed by atoms with Gasteiger partial charge in [0, 0.05) is 34.3 Å². The summed E-state index contributed by atoms with van der Waals surface area (Å²) in [4.78, 5) is 40.2. The van der Waals surface area contributed by atoms with Crippen molar-refractivity contribution in [3.63, 3.8) is 0 Å². The highest BCUT2D eigenvalue weighted by Gasteiger charge is 2.12. The van der Waals surface area contributed by atoms with Crippen molar-refractivity contribution in [2.45, 2.75) is 25.7 Å². The highest BCUT2D eigenvalue weighted by atomic mass is 79.9. The van der Waals surface area contributed by atoms with E-state index in [1.165, 1.54) is 0 Å². The summed E-state index contributed by atoms with van der Waals surface area (Å²) in [6.45, 7) is 0. The van der Waals surface area contributed by atoms with Gasteiger partial charge in [-0.2, -0.15) is 0 Å². The van der Waals surface area contributed by atoms with Gasteiger partial charge in [-0.05, 0) is 37.1 Å². The number of aromatic amines is 1. The Balaban J connectivity index is 0.000000175. The Morgan fingerprint density at radius 2 is 1.45 bits per heavy atom. The standard InChI is InChI=1S/C13H11BrN2O2.C9H8N2O2.C4H7BrO2/c14-7-3-6-10-15-11-8-4-1-2-5-9(8)18-13(17)12(11)16-10;10-7-5-3-1-2-4-6(5)13-9(12)8(7)11;5-3-1-2-4(6)7/h1-2,4-5H,3,6-7H2,(H,15,16);1-4H,10-11H2;1-3H2,(H,6,7). The Hall–Kier alpha value is -3.64. The van der Waals surface area contributed by atoms with Crippen molar-refractivity contribution in [3.8, 4) is 0 Å². The number of nitrogens with zero attached hydrogens (tertiary/aromatic N) is 1. The molecule has 3 aromatic heterocycles. The number of aromatic nitrogens is 2. The predicted octanol–water partition coefficient (Wildman–Crippen LogP) is 5.20.